The number of hydrogen-bond acceptors (Lipinski definition) is 3. The van der Waals surface area contributed by atoms with Gasteiger partial charge in [-0.05, 0) is 12.5 Å². The first-order valence-electron chi connectivity index (χ1n) is 5.22. The van der Waals surface area contributed by atoms with Crippen molar-refractivity contribution in [3.05, 3.63) is 29.8 Å². The first-order chi connectivity index (χ1) is 7.65. The molecule has 0 radical (unpaired) electrons. The van der Waals surface area contributed by atoms with E-state index in [1.165, 1.54) is 0 Å². The van der Waals surface area contributed by atoms with Gasteiger partial charge in [-0.15, -0.1) is 0 Å². The summed E-state index contributed by atoms with van der Waals surface area (Å²) in [5.74, 6) is 2.40. The molecule has 16 heavy (non-hydrogen) atoms. The van der Waals surface area contributed by atoms with Gasteiger partial charge in [0.15, 0.2) is 0 Å². The highest BCUT2D eigenvalue weighted by Crippen LogP contribution is 2.40. The van der Waals surface area contributed by atoms with Crippen LogP contribution in [0.5, 0.6) is 17.2 Å². The molecule has 0 saturated heterocycles. The quantitative estimate of drug-likeness (QED) is 0.733. The first-order valence-corrected chi connectivity index (χ1v) is 5.22. The maximum atomic E-state index is 5.79. The van der Waals surface area contributed by atoms with E-state index in [0.29, 0.717) is 0 Å². The van der Waals surface area contributed by atoms with Crippen LogP contribution in [0.2, 0.25) is 0 Å². The maximum absolute atomic E-state index is 5.79. The molecule has 1 aliphatic rings. The van der Waals surface area contributed by atoms with Gasteiger partial charge in [0.25, 0.3) is 0 Å². The van der Waals surface area contributed by atoms with E-state index in [2.05, 4.69) is 6.58 Å². The molecule has 0 fully saturated rings. The third-order valence-corrected chi connectivity index (χ3v) is 2.81. The van der Waals surface area contributed by atoms with E-state index in [1.54, 1.807) is 14.2 Å². The summed E-state index contributed by atoms with van der Waals surface area (Å²) in [6.07, 6.45) is 0.869. The number of methoxy groups -OCH3 is 2. The molecule has 0 amide bonds. The van der Waals surface area contributed by atoms with Crippen LogP contribution in [-0.2, 0) is 6.42 Å². The average molecular weight is 220 g/mol. The summed E-state index contributed by atoms with van der Waals surface area (Å²) in [4.78, 5) is 0. The highest BCUT2D eigenvalue weighted by molar-refractivity contribution is 5.53. The van der Waals surface area contributed by atoms with Gasteiger partial charge in [0, 0.05) is 24.1 Å². The minimum atomic E-state index is 0.0519. The Hall–Kier alpha value is -1.64. The predicted octanol–water partition coefficient (Wildman–Crippen LogP) is 2.58. The maximum Gasteiger partial charge on any atom is 0.130 e. The second kappa shape index (κ2) is 4.08. The molecule has 2 rings (SSSR count). The monoisotopic (exact) mass is 220 g/mol. The summed E-state index contributed by atoms with van der Waals surface area (Å²) in [5, 5.41) is 0. The summed E-state index contributed by atoms with van der Waals surface area (Å²) >= 11 is 0. The molecule has 0 unspecified atom stereocenters. The van der Waals surface area contributed by atoms with E-state index < -0.39 is 0 Å². The zero-order valence-electron chi connectivity index (χ0n) is 9.87. The lowest BCUT2D eigenvalue weighted by atomic mass is 10.1. The van der Waals surface area contributed by atoms with Crippen molar-refractivity contribution in [3.63, 3.8) is 0 Å². The van der Waals surface area contributed by atoms with Crippen LogP contribution in [0, 0.1) is 0 Å². The molecule has 1 aliphatic heterocycles. The fourth-order valence-electron chi connectivity index (χ4n) is 1.86. The van der Waals surface area contributed by atoms with Crippen LogP contribution in [0.4, 0.5) is 0 Å². The van der Waals surface area contributed by atoms with Gasteiger partial charge in [0.05, 0.1) is 14.2 Å². The molecular weight excluding hydrogens is 204 g/mol. The van der Waals surface area contributed by atoms with Gasteiger partial charge < -0.3 is 14.2 Å². The number of fused-ring (bicyclic) bond motifs is 1. The highest BCUT2D eigenvalue weighted by Gasteiger charge is 2.27. The molecule has 0 saturated carbocycles. The van der Waals surface area contributed by atoms with Gasteiger partial charge in [-0.1, -0.05) is 6.58 Å². The molecule has 0 aromatic heterocycles. The fourth-order valence-corrected chi connectivity index (χ4v) is 1.86. The van der Waals surface area contributed by atoms with E-state index in [1.807, 2.05) is 19.1 Å². The van der Waals surface area contributed by atoms with Gasteiger partial charge in [0.2, 0.25) is 0 Å². The summed E-state index contributed by atoms with van der Waals surface area (Å²) in [5.41, 5.74) is 2.12. The van der Waals surface area contributed by atoms with Crippen molar-refractivity contribution in [2.75, 3.05) is 14.2 Å². The van der Waals surface area contributed by atoms with Gasteiger partial charge >= 0.3 is 0 Å². The molecule has 0 aliphatic carbocycles. The lowest BCUT2D eigenvalue weighted by molar-refractivity contribution is 0.270. The third kappa shape index (κ3) is 1.73. The fraction of sp³-hybridized carbons (Fsp3) is 0.385. The molecular formula is C13H16O3. The Bertz CT molecular complexity index is 423. The minimum Gasteiger partial charge on any atom is -0.496 e. The molecule has 0 N–H and O–H groups in total. The standard InChI is InChI=1S/C13H16O3/c1-8(2)11-7-10-12(15-4)5-9(14-3)6-13(10)16-11/h5-6,11H,1,7H2,2-4H3/t11-/m1/s1. The second-order valence-corrected chi connectivity index (χ2v) is 3.96. The lowest BCUT2D eigenvalue weighted by Crippen LogP contribution is -2.13. The van der Waals surface area contributed by atoms with E-state index in [0.717, 1.165) is 34.8 Å². The predicted molar refractivity (Wildman–Crippen MR) is 62.5 cm³/mol. The smallest absolute Gasteiger partial charge is 0.130 e. The number of ether oxygens (including phenoxy) is 3. The summed E-state index contributed by atoms with van der Waals surface area (Å²) < 4.78 is 16.3. The van der Waals surface area contributed by atoms with Crippen LogP contribution in [-0.4, -0.2) is 20.3 Å². The van der Waals surface area contributed by atoms with E-state index in [-0.39, 0.29) is 6.10 Å². The minimum absolute atomic E-state index is 0.0519. The summed E-state index contributed by atoms with van der Waals surface area (Å²) in [6.45, 7) is 5.89. The molecule has 1 atom stereocenters. The zero-order valence-corrected chi connectivity index (χ0v) is 9.87. The Balaban J connectivity index is 2.40. The van der Waals surface area contributed by atoms with Crippen molar-refractivity contribution in [1.29, 1.82) is 0 Å². The molecule has 1 heterocycles. The SMILES string of the molecule is C=C(C)[C@H]1Cc2c(OC)cc(OC)cc2O1. The lowest BCUT2D eigenvalue weighted by Gasteiger charge is -2.09. The van der Waals surface area contributed by atoms with Crippen LogP contribution < -0.4 is 14.2 Å². The number of rotatable bonds is 3. The third-order valence-electron chi connectivity index (χ3n) is 2.81. The Morgan fingerprint density at radius 1 is 1.38 bits per heavy atom. The van der Waals surface area contributed by atoms with Crippen molar-refractivity contribution in [2.24, 2.45) is 0 Å². The van der Waals surface area contributed by atoms with Crippen molar-refractivity contribution in [3.8, 4) is 17.2 Å². The van der Waals surface area contributed by atoms with Crippen LogP contribution >= 0.6 is 0 Å². The molecule has 0 spiro atoms. The average Bonchev–Trinajstić information content (AvgIpc) is 2.71. The van der Waals surface area contributed by atoms with Gasteiger partial charge in [0.1, 0.15) is 23.4 Å². The van der Waals surface area contributed by atoms with Crippen LogP contribution in [0.1, 0.15) is 12.5 Å². The van der Waals surface area contributed by atoms with Gasteiger partial charge in [-0.25, -0.2) is 0 Å². The van der Waals surface area contributed by atoms with Gasteiger partial charge in [-0.3, -0.25) is 0 Å². The molecule has 0 bridgehead atoms. The molecule has 1 aromatic carbocycles. The molecule has 1 aromatic rings. The van der Waals surface area contributed by atoms with E-state index in [9.17, 15) is 0 Å². The van der Waals surface area contributed by atoms with Crippen molar-refractivity contribution < 1.29 is 14.2 Å². The Morgan fingerprint density at radius 2 is 2.12 bits per heavy atom. The Morgan fingerprint density at radius 3 is 2.69 bits per heavy atom. The summed E-state index contributed by atoms with van der Waals surface area (Å²) in [6, 6.07) is 3.77. The van der Waals surface area contributed by atoms with Crippen molar-refractivity contribution in [1.82, 2.24) is 0 Å². The van der Waals surface area contributed by atoms with Crippen molar-refractivity contribution >= 4 is 0 Å². The van der Waals surface area contributed by atoms with Crippen LogP contribution in [0.3, 0.4) is 0 Å². The number of benzene rings is 1. The topological polar surface area (TPSA) is 27.7 Å². The largest absolute Gasteiger partial charge is 0.496 e. The summed E-state index contributed by atoms with van der Waals surface area (Å²) in [7, 11) is 3.29. The highest BCUT2D eigenvalue weighted by atomic mass is 16.5. The molecule has 86 valence electrons. The van der Waals surface area contributed by atoms with Crippen LogP contribution in [0.25, 0.3) is 0 Å². The number of hydrogen-bond donors (Lipinski definition) is 0. The van der Waals surface area contributed by atoms with E-state index >= 15 is 0 Å². The molecule has 3 heteroatoms. The first kappa shape index (κ1) is 10.9. The molecule has 3 nitrogen and oxygen atoms in total. The second-order valence-electron chi connectivity index (χ2n) is 3.96. The van der Waals surface area contributed by atoms with E-state index in [4.69, 9.17) is 14.2 Å². The Kier molecular flexibility index (Phi) is 2.77. The van der Waals surface area contributed by atoms with Crippen molar-refractivity contribution in [2.45, 2.75) is 19.4 Å². The Labute approximate surface area is 95.6 Å². The van der Waals surface area contributed by atoms with Crippen LogP contribution in [0.15, 0.2) is 24.3 Å². The normalized spacial score (nSPS) is 17.6. The van der Waals surface area contributed by atoms with Gasteiger partial charge in [-0.2, -0.15) is 0 Å². The zero-order chi connectivity index (χ0) is 11.7.